The molecule has 1 aliphatic rings. The van der Waals surface area contributed by atoms with Gasteiger partial charge in [-0.15, -0.1) is 11.3 Å². The Hall–Kier alpha value is 0.0800. The summed E-state index contributed by atoms with van der Waals surface area (Å²) in [6.07, 6.45) is 8.74. The van der Waals surface area contributed by atoms with Crippen LogP contribution in [0.1, 0.15) is 31.1 Å². The second kappa shape index (κ2) is 5.61. The predicted molar refractivity (Wildman–Crippen MR) is 77.6 cm³/mol. The second-order valence-electron chi connectivity index (χ2n) is 4.38. The molecule has 2 rings (SSSR count). The number of allylic oxidation sites excluding steroid dienone is 2. The van der Waals surface area contributed by atoms with Crippen LogP contribution in [0.25, 0.3) is 5.57 Å². The Balaban J connectivity index is 2.02. The van der Waals surface area contributed by atoms with Gasteiger partial charge in [0.15, 0.2) is 0 Å². The number of hydrogen-bond donors (Lipinski definition) is 0. The maximum absolute atomic E-state index is 5.95. The van der Waals surface area contributed by atoms with Gasteiger partial charge in [0, 0.05) is 10.1 Å². The van der Waals surface area contributed by atoms with Crippen molar-refractivity contribution in [1.29, 1.82) is 0 Å². The van der Waals surface area contributed by atoms with Gasteiger partial charge < -0.3 is 0 Å². The van der Waals surface area contributed by atoms with E-state index in [0.717, 1.165) is 15.5 Å². The number of hydrogen-bond acceptors (Lipinski definition) is 2. The molecule has 1 heterocycles. The number of thiophene rings is 1. The van der Waals surface area contributed by atoms with Gasteiger partial charge >= 0.3 is 0 Å². The van der Waals surface area contributed by atoms with Gasteiger partial charge in [-0.2, -0.15) is 11.8 Å². The highest BCUT2D eigenvalue weighted by Crippen LogP contribution is 2.36. The van der Waals surface area contributed by atoms with E-state index in [4.69, 9.17) is 11.6 Å². The van der Waals surface area contributed by atoms with Gasteiger partial charge in [0.25, 0.3) is 0 Å². The largest absolute Gasteiger partial charge is 0.162 e. The van der Waals surface area contributed by atoms with Crippen molar-refractivity contribution in [3.63, 3.8) is 0 Å². The highest BCUT2D eigenvalue weighted by molar-refractivity contribution is 7.99. The Morgan fingerprint density at radius 3 is 2.88 bits per heavy atom. The maximum atomic E-state index is 5.95. The van der Waals surface area contributed by atoms with Crippen LogP contribution in [0.4, 0.5) is 0 Å². The molecule has 2 atom stereocenters. The zero-order valence-electron chi connectivity index (χ0n) is 9.70. The molecule has 0 N–H and O–H groups in total. The molecule has 0 bridgehead atoms. The summed E-state index contributed by atoms with van der Waals surface area (Å²) in [5.41, 5.74) is 1.39. The zero-order valence-corrected chi connectivity index (χ0v) is 12.1. The van der Waals surface area contributed by atoms with E-state index in [1.807, 2.05) is 17.8 Å². The summed E-state index contributed by atoms with van der Waals surface area (Å²) in [7, 11) is 0. The number of thioether (sulfide) groups is 1. The van der Waals surface area contributed by atoms with E-state index in [-0.39, 0.29) is 0 Å². The summed E-state index contributed by atoms with van der Waals surface area (Å²) in [5, 5.41) is 0.876. The number of halogens is 1. The molecule has 0 nitrogen and oxygen atoms in total. The first-order valence-electron chi connectivity index (χ1n) is 5.66. The van der Waals surface area contributed by atoms with Crippen molar-refractivity contribution in [3.8, 4) is 0 Å². The van der Waals surface area contributed by atoms with Gasteiger partial charge in [-0.3, -0.25) is 0 Å². The molecule has 1 fully saturated rings. The smallest absolute Gasteiger partial charge is 0.0934 e. The minimum Gasteiger partial charge on any atom is -0.162 e. The van der Waals surface area contributed by atoms with Gasteiger partial charge in [-0.05, 0) is 56.1 Å². The van der Waals surface area contributed by atoms with Crippen molar-refractivity contribution < 1.29 is 0 Å². The molecule has 1 aromatic heterocycles. The van der Waals surface area contributed by atoms with E-state index in [1.165, 1.54) is 29.7 Å². The molecule has 1 aliphatic carbocycles. The lowest BCUT2D eigenvalue weighted by Crippen LogP contribution is -1.94. The van der Waals surface area contributed by atoms with Crippen LogP contribution in [0.3, 0.4) is 0 Å². The molecule has 0 amide bonds. The summed E-state index contributed by atoms with van der Waals surface area (Å²) < 4.78 is 0.885. The van der Waals surface area contributed by atoms with Gasteiger partial charge in [0.1, 0.15) is 0 Å². The van der Waals surface area contributed by atoms with Gasteiger partial charge in [-0.1, -0.05) is 17.7 Å². The third-order valence-corrected chi connectivity index (χ3v) is 5.67. The standard InChI is InChI=1S/C13H17ClS2/c1-9(12-5-6-13(14)16-12)7-10-3-4-11(8-10)15-2/h5-7,10-11H,3-4,8H2,1-2H3/b9-7+. The SMILES string of the molecule is CSC1CCC(/C=C(\C)c2ccc(Cl)s2)C1. The fraction of sp³-hybridized carbons (Fsp3) is 0.538. The molecule has 1 saturated carbocycles. The van der Waals surface area contributed by atoms with E-state index in [9.17, 15) is 0 Å². The monoisotopic (exact) mass is 272 g/mol. The molecule has 0 aromatic carbocycles. The second-order valence-corrected chi connectivity index (χ2v) is 7.24. The molecule has 0 spiro atoms. The summed E-state index contributed by atoms with van der Waals surface area (Å²) in [5.74, 6) is 0.776. The first kappa shape index (κ1) is 12.5. The predicted octanol–water partition coefficient (Wildman–Crippen LogP) is 5.34. The molecule has 3 heteroatoms. The Bertz CT molecular complexity index is 381. The minimum atomic E-state index is 0.776. The topological polar surface area (TPSA) is 0 Å². The Morgan fingerprint density at radius 2 is 2.31 bits per heavy atom. The van der Waals surface area contributed by atoms with E-state index >= 15 is 0 Å². The molecule has 0 radical (unpaired) electrons. The van der Waals surface area contributed by atoms with Crippen LogP contribution >= 0.6 is 34.7 Å². The Morgan fingerprint density at radius 1 is 1.50 bits per heavy atom. The van der Waals surface area contributed by atoms with Crippen molar-refractivity contribution in [2.45, 2.75) is 31.4 Å². The average molecular weight is 273 g/mol. The Kier molecular flexibility index (Phi) is 4.40. The lowest BCUT2D eigenvalue weighted by Gasteiger charge is -2.06. The van der Waals surface area contributed by atoms with Crippen molar-refractivity contribution in [2.24, 2.45) is 5.92 Å². The molecular weight excluding hydrogens is 256 g/mol. The molecule has 16 heavy (non-hydrogen) atoms. The zero-order chi connectivity index (χ0) is 11.5. The maximum Gasteiger partial charge on any atom is 0.0934 e. The third-order valence-electron chi connectivity index (χ3n) is 3.21. The van der Waals surface area contributed by atoms with Crippen LogP contribution < -0.4 is 0 Å². The lowest BCUT2D eigenvalue weighted by molar-refractivity contribution is 0.689. The van der Waals surface area contributed by atoms with Gasteiger partial charge in [0.05, 0.1) is 4.34 Å². The van der Waals surface area contributed by atoms with Crippen LogP contribution in [-0.4, -0.2) is 11.5 Å². The quantitative estimate of drug-likeness (QED) is 0.716. The molecule has 88 valence electrons. The third kappa shape index (κ3) is 3.06. The summed E-state index contributed by atoms with van der Waals surface area (Å²) >= 11 is 9.65. The molecule has 2 unspecified atom stereocenters. The normalized spacial score (nSPS) is 26.3. The van der Waals surface area contributed by atoms with E-state index in [2.05, 4.69) is 25.3 Å². The highest BCUT2D eigenvalue weighted by Gasteiger charge is 2.22. The van der Waals surface area contributed by atoms with E-state index in [0.29, 0.717) is 0 Å². The van der Waals surface area contributed by atoms with E-state index < -0.39 is 0 Å². The van der Waals surface area contributed by atoms with Crippen LogP contribution in [0.5, 0.6) is 0 Å². The van der Waals surface area contributed by atoms with Crippen molar-refractivity contribution in [1.82, 2.24) is 0 Å². The first-order chi connectivity index (χ1) is 7.69. The van der Waals surface area contributed by atoms with Gasteiger partial charge in [0.2, 0.25) is 0 Å². The summed E-state index contributed by atoms with van der Waals surface area (Å²) in [4.78, 5) is 1.32. The fourth-order valence-electron chi connectivity index (χ4n) is 2.30. The van der Waals surface area contributed by atoms with Gasteiger partial charge in [-0.25, -0.2) is 0 Å². The summed E-state index contributed by atoms with van der Waals surface area (Å²) in [6, 6.07) is 4.11. The highest BCUT2D eigenvalue weighted by atomic mass is 35.5. The molecule has 0 saturated heterocycles. The van der Waals surface area contributed by atoms with Crippen LogP contribution in [-0.2, 0) is 0 Å². The van der Waals surface area contributed by atoms with Crippen LogP contribution in [0, 0.1) is 5.92 Å². The summed E-state index contributed by atoms with van der Waals surface area (Å²) in [6.45, 7) is 2.20. The Labute approximate surface area is 111 Å². The minimum absolute atomic E-state index is 0.776. The van der Waals surface area contributed by atoms with Crippen LogP contribution in [0.2, 0.25) is 4.34 Å². The van der Waals surface area contributed by atoms with Crippen molar-refractivity contribution in [2.75, 3.05) is 6.26 Å². The molecule has 1 aromatic rings. The van der Waals surface area contributed by atoms with E-state index in [1.54, 1.807) is 11.3 Å². The lowest BCUT2D eigenvalue weighted by atomic mass is 10.0. The average Bonchev–Trinajstić information content (AvgIpc) is 2.87. The molecule has 0 aliphatic heterocycles. The fourth-order valence-corrected chi connectivity index (χ4v) is 4.14. The van der Waals surface area contributed by atoms with Crippen molar-refractivity contribution >= 4 is 40.3 Å². The first-order valence-corrected chi connectivity index (χ1v) is 8.14. The van der Waals surface area contributed by atoms with Crippen molar-refractivity contribution in [3.05, 3.63) is 27.4 Å². The van der Waals surface area contributed by atoms with Crippen LogP contribution in [0.15, 0.2) is 18.2 Å². The molecular formula is C13H17ClS2. The number of rotatable bonds is 3.